The van der Waals surface area contributed by atoms with Crippen LogP contribution in [0.3, 0.4) is 0 Å². The lowest BCUT2D eigenvalue weighted by molar-refractivity contribution is -0.132. The highest BCUT2D eigenvalue weighted by Gasteiger charge is 2.29. The van der Waals surface area contributed by atoms with Crippen molar-refractivity contribution in [3.8, 4) is 5.75 Å². The molecule has 1 aromatic carbocycles. The third kappa shape index (κ3) is 3.64. The maximum absolute atomic E-state index is 13.3. The minimum absolute atomic E-state index is 0.179. The average Bonchev–Trinajstić information content (AvgIpc) is 2.99. The number of carbonyl (C=O) groups excluding carboxylic acids is 1. The van der Waals surface area contributed by atoms with Gasteiger partial charge in [0.2, 0.25) is 5.91 Å². The number of halogens is 1. The first kappa shape index (κ1) is 17.0. The molecule has 0 aromatic heterocycles. The van der Waals surface area contributed by atoms with Crippen molar-refractivity contribution in [3.05, 3.63) is 24.0 Å². The van der Waals surface area contributed by atoms with E-state index in [0.29, 0.717) is 31.2 Å². The van der Waals surface area contributed by atoms with E-state index < -0.39 is 0 Å². The lowest BCUT2D eigenvalue weighted by atomic mass is 9.99. The third-order valence-corrected chi connectivity index (χ3v) is 5.27. The zero-order valence-electron chi connectivity index (χ0n) is 14.2. The Morgan fingerprint density at radius 3 is 2.67 bits per heavy atom. The molecule has 0 bridgehead atoms. The molecule has 1 heterocycles. The largest absolute Gasteiger partial charge is 0.494 e. The number of anilines is 1. The van der Waals surface area contributed by atoms with Crippen LogP contribution >= 0.6 is 0 Å². The highest BCUT2D eigenvalue weighted by molar-refractivity contribution is 5.77. The van der Waals surface area contributed by atoms with Crippen molar-refractivity contribution in [2.75, 3.05) is 38.2 Å². The third-order valence-electron chi connectivity index (χ3n) is 5.27. The molecule has 0 spiro atoms. The van der Waals surface area contributed by atoms with Crippen LogP contribution in [0.1, 0.15) is 25.7 Å². The fraction of sp³-hybridized carbons (Fsp3) is 0.611. The molecule has 6 heteroatoms. The Bertz CT molecular complexity index is 588. The standard InChI is InChI=1S/C18H26FN3O2/c1-24-17-12-14(19)5-6-16(17)21-7-9-22(10-8-21)18(23)11-13-3-2-4-15(13)20/h5-6,12-13,15H,2-4,7-11,20H2,1H3/t13-,15+/m0/s1. The fourth-order valence-corrected chi connectivity index (χ4v) is 3.78. The summed E-state index contributed by atoms with van der Waals surface area (Å²) in [4.78, 5) is 16.6. The molecule has 1 aromatic rings. The van der Waals surface area contributed by atoms with Crippen LogP contribution in [0.25, 0.3) is 0 Å². The number of piperazine rings is 1. The summed E-state index contributed by atoms with van der Waals surface area (Å²) in [5.41, 5.74) is 6.95. The van der Waals surface area contributed by atoms with Gasteiger partial charge in [0.15, 0.2) is 0 Å². The van der Waals surface area contributed by atoms with Crippen LogP contribution in [-0.4, -0.2) is 50.1 Å². The molecule has 1 aliphatic carbocycles. The van der Waals surface area contributed by atoms with Gasteiger partial charge in [-0.05, 0) is 30.9 Å². The van der Waals surface area contributed by atoms with Crippen LogP contribution in [0.5, 0.6) is 5.75 Å². The molecule has 2 atom stereocenters. The van der Waals surface area contributed by atoms with Crippen molar-refractivity contribution in [2.24, 2.45) is 11.7 Å². The van der Waals surface area contributed by atoms with Gasteiger partial charge in [0.05, 0.1) is 12.8 Å². The van der Waals surface area contributed by atoms with Gasteiger partial charge in [-0.2, -0.15) is 0 Å². The zero-order chi connectivity index (χ0) is 17.1. The molecule has 2 aliphatic rings. The van der Waals surface area contributed by atoms with E-state index in [1.165, 1.54) is 12.1 Å². The summed E-state index contributed by atoms with van der Waals surface area (Å²) >= 11 is 0. The Morgan fingerprint density at radius 2 is 2.04 bits per heavy atom. The van der Waals surface area contributed by atoms with Crippen LogP contribution in [0.15, 0.2) is 18.2 Å². The monoisotopic (exact) mass is 335 g/mol. The molecular formula is C18H26FN3O2. The predicted octanol–water partition coefficient (Wildman–Crippen LogP) is 2.00. The number of hydrogen-bond donors (Lipinski definition) is 1. The summed E-state index contributed by atoms with van der Waals surface area (Å²) in [6.07, 6.45) is 3.81. The molecule has 0 radical (unpaired) electrons. The van der Waals surface area contributed by atoms with E-state index in [0.717, 1.165) is 38.0 Å². The van der Waals surface area contributed by atoms with E-state index >= 15 is 0 Å². The van der Waals surface area contributed by atoms with Crippen LogP contribution in [0.4, 0.5) is 10.1 Å². The molecule has 0 unspecified atom stereocenters. The highest BCUT2D eigenvalue weighted by Crippen LogP contribution is 2.30. The second-order valence-electron chi connectivity index (χ2n) is 6.74. The van der Waals surface area contributed by atoms with Crippen LogP contribution in [0.2, 0.25) is 0 Å². The van der Waals surface area contributed by atoms with E-state index in [-0.39, 0.29) is 17.8 Å². The van der Waals surface area contributed by atoms with Crippen molar-refractivity contribution >= 4 is 11.6 Å². The molecule has 1 aliphatic heterocycles. The van der Waals surface area contributed by atoms with Crippen molar-refractivity contribution < 1.29 is 13.9 Å². The Hall–Kier alpha value is -1.82. The number of amides is 1. The number of benzene rings is 1. The van der Waals surface area contributed by atoms with Crippen molar-refractivity contribution in [2.45, 2.75) is 31.7 Å². The van der Waals surface area contributed by atoms with E-state index in [2.05, 4.69) is 4.90 Å². The first-order valence-corrected chi connectivity index (χ1v) is 8.70. The number of carbonyl (C=O) groups is 1. The number of nitrogens with two attached hydrogens (primary N) is 1. The summed E-state index contributed by atoms with van der Waals surface area (Å²) < 4.78 is 18.6. The molecule has 3 rings (SSSR count). The smallest absolute Gasteiger partial charge is 0.223 e. The molecule has 24 heavy (non-hydrogen) atoms. The van der Waals surface area contributed by atoms with Crippen molar-refractivity contribution in [1.82, 2.24) is 4.90 Å². The van der Waals surface area contributed by atoms with Crippen LogP contribution in [0, 0.1) is 11.7 Å². The van der Waals surface area contributed by atoms with Gasteiger partial charge in [-0.15, -0.1) is 0 Å². The molecular weight excluding hydrogens is 309 g/mol. The maximum atomic E-state index is 13.3. The normalized spacial score (nSPS) is 24.3. The number of ether oxygens (including phenoxy) is 1. The SMILES string of the molecule is COc1cc(F)ccc1N1CCN(C(=O)C[C@@H]2CCC[C@H]2N)CC1. The Kier molecular flexibility index (Phi) is 5.23. The Balaban J connectivity index is 1.56. The van der Waals surface area contributed by atoms with Crippen LogP contribution in [-0.2, 0) is 4.79 Å². The molecule has 2 fully saturated rings. The molecule has 132 valence electrons. The number of nitrogens with zero attached hydrogens (tertiary/aromatic N) is 2. The van der Waals surface area contributed by atoms with Gasteiger partial charge < -0.3 is 20.3 Å². The van der Waals surface area contributed by atoms with E-state index in [1.54, 1.807) is 13.2 Å². The van der Waals surface area contributed by atoms with Gasteiger partial charge in [-0.3, -0.25) is 4.79 Å². The first-order chi connectivity index (χ1) is 11.6. The van der Waals surface area contributed by atoms with E-state index in [9.17, 15) is 9.18 Å². The quantitative estimate of drug-likeness (QED) is 0.914. The first-order valence-electron chi connectivity index (χ1n) is 8.70. The van der Waals surface area contributed by atoms with Gasteiger partial charge in [0.1, 0.15) is 11.6 Å². The highest BCUT2D eigenvalue weighted by atomic mass is 19.1. The van der Waals surface area contributed by atoms with E-state index in [4.69, 9.17) is 10.5 Å². The summed E-state index contributed by atoms with van der Waals surface area (Å²) in [6.45, 7) is 2.82. The van der Waals surface area contributed by atoms with Gasteiger partial charge in [0.25, 0.3) is 0 Å². The lowest BCUT2D eigenvalue weighted by Gasteiger charge is -2.37. The average molecular weight is 335 g/mol. The van der Waals surface area contributed by atoms with Gasteiger partial charge >= 0.3 is 0 Å². The van der Waals surface area contributed by atoms with Gasteiger partial charge in [-0.1, -0.05) is 6.42 Å². The second-order valence-corrected chi connectivity index (χ2v) is 6.74. The molecule has 1 amide bonds. The molecule has 2 N–H and O–H groups in total. The zero-order valence-corrected chi connectivity index (χ0v) is 14.2. The number of methoxy groups -OCH3 is 1. The summed E-state index contributed by atoms with van der Waals surface area (Å²) in [6, 6.07) is 4.76. The fourth-order valence-electron chi connectivity index (χ4n) is 3.78. The van der Waals surface area contributed by atoms with Crippen molar-refractivity contribution in [1.29, 1.82) is 0 Å². The molecule has 5 nitrogen and oxygen atoms in total. The lowest BCUT2D eigenvalue weighted by Crippen LogP contribution is -2.49. The molecule has 1 saturated carbocycles. The summed E-state index contributed by atoms with van der Waals surface area (Å²) in [5.74, 6) is 0.778. The Labute approximate surface area is 142 Å². The van der Waals surface area contributed by atoms with Crippen molar-refractivity contribution in [3.63, 3.8) is 0 Å². The number of hydrogen-bond acceptors (Lipinski definition) is 4. The minimum Gasteiger partial charge on any atom is -0.494 e. The predicted molar refractivity (Wildman–Crippen MR) is 91.7 cm³/mol. The molecule has 1 saturated heterocycles. The minimum atomic E-state index is -0.308. The van der Waals surface area contributed by atoms with Crippen LogP contribution < -0.4 is 15.4 Å². The van der Waals surface area contributed by atoms with E-state index in [1.807, 2.05) is 4.90 Å². The topological polar surface area (TPSA) is 58.8 Å². The Morgan fingerprint density at radius 1 is 1.29 bits per heavy atom. The number of rotatable bonds is 4. The summed E-state index contributed by atoms with van der Waals surface area (Å²) in [5, 5.41) is 0. The summed E-state index contributed by atoms with van der Waals surface area (Å²) in [7, 11) is 1.54. The van der Waals surface area contributed by atoms with Gasteiger partial charge in [-0.25, -0.2) is 4.39 Å². The maximum Gasteiger partial charge on any atom is 0.223 e. The van der Waals surface area contributed by atoms with Gasteiger partial charge in [0, 0.05) is 44.7 Å². The second kappa shape index (κ2) is 7.38.